The maximum absolute atomic E-state index is 12.7. The van der Waals surface area contributed by atoms with Crippen molar-refractivity contribution in [2.45, 2.75) is 36.8 Å². The highest BCUT2D eigenvalue weighted by Gasteiger charge is 2.32. The lowest BCUT2D eigenvalue weighted by atomic mass is 10.1. The van der Waals surface area contributed by atoms with Crippen molar-refractivity contribution < 1.29 is 13.2 Å². The average molecular weight is 312 g/mol. The number of nitrogens with one attached hydrogen (secondary N) is 1. The second-order valence-corrected chi connectivity index (χ2v) is 7.27. The summed E-state index contributed by atoms with van der Waals surface area (Å²) in [6, 6.07) is 7.39. The normalized spacial score (nSPS) is 21.6. The maximum atomic E-state index is 12.7. The van der Waals surface area contributed by atoms with E-state index in [1.807, 2.05) is 19.2 Å². The van der Waals surface area contributed by atoms with Gasteiger partial charge < -0.3 is 10.1 Å². The Bertz CT molecular complexity index is 570. The van der Waals surface area contributed by atoms with Crippen LogP contribution in [0.4, 0.5) is 0 Å². The number of sulfonamides is 1. The maximum Gasteiger partial charge on any atom is 0.243 e. The van der Waals surface area contributed by atoms with Crippen LogP contribution in [-0.2, 0) is 14.8 Å². The van der Waals surface area contributed by atoms with E-state index < -0.39 is 10.0 Å². The fourth-order valence-corrected chi connectivity index (χ4v) is 4.30. The Balaban J connectivity index is 2.26. The van der Waals surface area contributed by atoms with Gasteiger partial charge >= 0.3 is 0 Å². The number of hydrogen-bond donors (Lipinski definition) is 1. The Morgan fingerprint density at radius 1 is 1.48 bits per heavy atom. The van der Waals surface area contributed by atoms with E-state index in [1.165, 1.54) is 4.31 Å². The van der Waals surface area contributed by atoms with Gasteiger partial charge in [0, 0.05) is 26.2 Å². The number of nitrogens with zero attached hydrogens (tertiary/aromatic N) is 1. The Hall–Kier alpha value is -0.950. The van der Waals surface area contributed by atoms with Gasteiger partial charge in [-0.1, -0.05) is 19.1 Å². The number of ether oxygens (including phenoxy) is 1. The molecule has 5 nitrogen and oxygen atoms in total. The first-order chi connectivity index (χ1) is 10.0. The zero-order valence-corrected chi connectivity index (χ0v) is 13.7. The van der Waals surface area contributed by atoms with Crippen molar-refractivity contribution in [3.05, 3.63) is 29.8 Å². The Morgan fingerprint density at radius 2 is 2.24 bits per heavy atom. The van der Waals surface area contributed by atoms with Gasteiger partial charge in [0.15, 0.2) is 0 Å². The van der Waals surface area contributed by atoms with Crippen LogP contribution in [0.15, 0.2) is 29.2 Å². The van der Waals surface area contributed by atoms with Crippen LogP contribution < -0.4 is 5.32 Å². The zero-order valence-electron chi connectivity index (χ0n) is 12.9. The third-order valence-corrected chi connectivity index (χ3v) is 5.96. The van der Waals surface area contributed by atoms with Crippen molar-refractivity contribution in [2.75, 3.05) is 27.2 Å². The fourth-order valence-electron chi connectivity index (χ4n) is 2.76. The number of methoxy groups -OCH3 is 1. The molecule has 1 N–H and O–H groups in total. The van der Waals surface area contributed by atoms with Gasteiger partial charge in [-0.3, -0.25) is 0 Å². The van der Waals surface area contributed by atoms with Crippen LogP contribution in [0, 0.1) is 0 Å². The highest BCUT2D eigenvalue weighted by molar-refractivity contribution is 7.89. The van der Waals surface area contributed by atoms with Crippen LogP contribution in [-0.4, -0.2) is 46.1 Å². The van der Waals surface area contributed by atoms with E-state index in [9.17, 15) is 8.42 Å². The lowest BCUT2D eigenvalue weighted by molar-refractivity contribution is 0.115. The zero-order chi connectivity index (χ0) is 15.5. The molecule has 1 aliphatic rings. The molecule has 1 aromatic rings. The molecule has 1 aliphatic heterocycles. The predicted octanol–water partition coefficient (Wildman–Crippen LogP) is 1.77. The van der Waals surface area contributed by atoms with E-state index in [-0.39, 0.29) is 12.1 Å². The molecule has 2 rings (SSSR count). The first kappa shape index (κ1) is 16.4. The lowest BCUT2D eigenvalue weighted by Crippen LogP contribution is -2.30. The number of benzene rings is 1. The Morgan fingerprint density at radius 3 is 2.81 bits per heavy atom. The van der Waals surface area contributed by atoms with Crippen LogP contribution in [0.25, 0.3) is 0 Å². The van der Waals surface area contributed by atoms with E-state index in [2.05, 4.69) is 12.2 Å². The molecule has 1 heterocycles. The quantitative estimate of drug-likeness (QED) is 0.870. The van der Waals surface area contributed by atoms with Crippen LogP contribution >= 0.6 is 0 Å². The van der Waals surface area contributed by atoms with E-state index in [4.69, 9.17) is 4.74 Å². The van der Waals surface area contributed by atoms with Crippen LogP contribution in [0.1, 0.15) is 31.4 Å². The van der Waals surface area contributed by atoms with Gasteiger partial charge in [0.2, 0.25) is 10.0 Å². The lowest BCUT2D eigenvalue weighted by Gasteiger charge is -2.19. The van der Waals surface area contributed by atoms with Crippen molar-refractivity contribution in [3.8, 4) is 0 Å². The molecule has 0 aliphatic carbocycles. The summed E-state index contributed by atoms with van der Waals surface area (Å²) in [6.07, 6.45) is 1.67. The minimum Gasteiger partial charge on any atom is -0.380 e. The molecule has 0 spiro atoms. The molecule has 6 heteroatoms. The third kappa shape index (κ3) is 3.45. The van der Waals surface area contributed by atoms with Gasteiger partial charge in [0.05, 0.1) is 11.0 Å². The van der Waals surface area contributed by atoms with Crippen molar-refractivity contribution in [1.82, 2.24) is 9.62 Å². The van der Waals surface area contributed by atoms with Gasteiger partial charge in [-0.2, -0.15) is 4.31 Å². The molecule has 118 valence electrons. The molecule has 1 fully saturated rings. The number of rotatable bonds is 6. The first-order valence-corrected chi connectivity index (χ1v) is 8.77. The van der Waals surface area contributed by atoms with Crippen molar-refractivity contribution in [3.63, 3.8) is 0 Å². The average Bonchev–Trinajstić information content (AvgIpc) is 2.98. The second-order valence-electron chi connectivity index (χ2n) is 5.33. The monoisotopic (exact) mass is 312 g/mol. The topological polar surface area (TPSA) is 58.6 Å². The van der Waals surface area contributed by atoms with E-state index in [0.717, 1.165) is 18.4 Å². The van der Waals surface area contributed by atoms with Crippen LogP contribution in [0.5, 0.6) is 0 Å². The molecule has 2 atom stereocenters. The number of hydrogen-bond acceptors (Lipinski definition) is 4. The largest absolute Gasteiger partial charge is 0.380 e. The predicted molar refractivity (Wildman–Crippen MR) is 82.7 cm³/mol. The first-order valence-electron chi connectivity index (χ1n) is 7.33. The molecule has 0 bridgehead atoms. The molecule has 1 aromatic carbocycles. The van der Waals surface area contributed by atoms with Gasteiger partial charge in [-0.25, -0.2) is 8.42 Å². The van der Waals surface area contributed by atoms with Crippen LogP contribution in [0.3, 0.4) is 0 Å². The molecule has 0 saturated carbocycles. The Kier molecular flexibility index (Phi) is 5.37. The molecule has 0 aromatic heterocycles. The summed E-state index contributed by atoms with van der Waals surface area (Å²) in [5.41, 5.74) is 1.00. The smallest absolute Gasteiger partial charge is 0.243 e. The van der Waals surface area contributed by atoms with Gasteiger partial charge in [0.25, 0.3) is 0 Å². The molecule has 0 amide bonds. The molecule has 0 radical (unpaired) electrons. The highest BCUT2D eigenvalue weighted by Crippen LogP contribution is 2.25. The fraction of sp³-hybridized carbons (Fsp3) is 0.600. The summed E-state index contributed by atoms with van der Waals surface area (Å²) in [5, 5.41) is 3.20. The van der Waals surface area contributed by atoms with Gasteiger partial charge in [0.1, 0.15) is 0 Å². The second kappa shape index (κ2) is 6.87. The van der Waals surface area contributed by atoms with E-state index >= 15 is 0 Å². The van der Waals surface area contributed by atoms with Crippen molar-refractivity contribution >= 4 is 10.0 Å². The summed E-state index contributed by atoms with van der Waals surface area (Å²) in [6.45, 7) is 3.03. The van der Waals surface area contributed by atoms with Crippen LogP contribution in [0.2, 0.25) is 0 Å². The van der Waals surface area contributed by atoms with Gasteiger partial charge in [-0.05, 0) is 37.6 Å². The molecule has 21 heavy (non-hydrogen) atoms. The molecular weight excluding hydrogens is 288 g/mol. The van der Waals surface area contributed by atoms with E-state index in [0.29, 0.717) is 18.0 Å². The highest BCUT2D eigenvalue weighted by atomic mass is 32.2. The standard InChI is InChI=1S/C15H24N2O3S/c1-4-15(16-2)12-6-5-7-14(10-12)21(18,19)17-9-8-13(11-17)20-3/h5-7,10,13,15-16H,4,8-9,11H2,1-3H3. The van der Waals surface area contributed by atoms with Crippen molar-refractivity contribution in [2.24, 2.45) is 0 Å². The summed E-state index contributed by atoms with van der Waals surface area (Å²) in [7, 11) is 0.0844. The summed E-state index contributed by atoms with van der Waals surface area (Å²) in [4.78, 5) is 0.366. The molecule has 2 unspecified atom stereocenters. The molecule has 1 saturated heterocycles. The summed E-state index contributed by atoms with van der Waals surface area (Å²) >= 11 is 0. The molecular formula is C15H24N2O3S. The van der Waals surface area contributed by atoms with Gasteiger partial charge in [-0.15, -0.1) is 0 Å². The Labute approximate surface area is 127 Å². The third-order valence-electron chi connectivity index (χ3n) is 4.10. The van der Waals surface area contributed by atoms with E-state index in [1.54, 1.807) is 19.2 Å². The minimum absolute atomic E-state index is 0.00339. The summed E-state index contributed by atoms with van der Waals surface area (Å²) < 4.78 is 32.2. The summed E-state index contributed by atoms with van der Waals surface area (Å²) in [5.74, 6) is 0. The van der Waals surface area contributed by atoms with Crippen molar-refractivity contribution in [1.29, 1.82) is 0 Å². The SMILES string of the molecule is CCC(NC)c1cccc(S(=O)(=O)N2CCC(OC)C2)c1. The minimum atomic E-state index is -3.43.